The molecule has 0 unspecified atom stereocenters. The van der Waals surface area contributed by atoms with Crippen molar-refractivity contribution in [3.8, 4) is 22.8 Å². The number of carbonyl (C=O) groups is 1. The molecule has 184 valence electrons. The van der Waals surface area contributed by atoms with Crippen molar-refractivity contribution in [3.05, 3.63) is 100 Å². The molecule has 0 bridgehead atoms. The van der Waals surface area contributed by atoms with Gasteiger partial charge in [-0.3, -0.25) is 4.79 Å². The average molecular weight is 559 g/mol. The zero-order valence-corrected chi connectivity index (χ0v) is 20.7. The smallest absolute Gasteiger partial charge is 0.292 e. The number of halogens is 1. The molecule has 1 amide bonds. The van der Waals surface area contributed by atoms with Gasteiger partial charge in [-0.05, 0) is 40.1 Å². The van der Waals surface area contributed by atoms with Gasteiger partial charge in [-0.1, -0.05) is 75.7 Å². The van der Waals surface area contributed by atoms with Crippen LogP contribution in [0, 0.1) is 0 Å². The summed E-state index contributed by atoms with van der Waals surface area (Å²) in [5, 5.41) is 19.6. The molecule has 12 heteroatoms. The molecule has 5 aromatic rings. The number of hydrazone groups is 1. The van der Waals surface area contributed by atoms with Crippen LogP contribution in [0.5, 0.6) is 5.75 Å². The lowest BCUT2D eigenvalue weighted by atomic mass is 10.1. The van der Waals surface area contributed by atoms with E-state index in [1.54, 1.807) is 12.1 Å². The Morgan fingerprint density at radius 1 is 1.05 bits per heavy atom. The Kier molecular flexibility index (Phi) is 6.99. The maximum absolute atomic E-state index is 13.3. The lowest BCUT2D eigenvalue weighted by Crippen LogP contribution is -2.22. The first kappa shape index (κ1) is 23.9. The van der Waals surface area contributed by atoms with Crippen LogP contribution in [-0.2, 0) is 6.61 Å². The lowest BCUT2D eigenvalue weighted by molar-refractivity contribution is 0.0947. The summed E-state index contributed by atoms with van der Waals surface area (Å²) in [6.07, 6.45) is 1.50. The van der Waals surface area contributed by atoms with Crippen LogP contribution in [-0.4, -0.2) is 37.4 Å². The molecule has 0 spiro atoms. The second-order valence-corrected chi connectivity index (χ2v) is 8.61. The molecular formula is C25H19BrN8O3. The van der Waals surface area contributed by atoms with E-state index < -0.39 is 5.91 Å². The minimum atomic E-state index is -0.587. The van der Waals surface area contributed by atoms with Crippen molar-refractivity contribution < 1.29 is 14.2 Å². The van der Waals surface area contributed by atoms with E-state index in [1.807, 2.05) is 66.7 Å². The number of para-hydroxylation sites is 1. The van der Waals surface area contributed by atoms with E-state index in [-0.39, 0.29) is 17.3 Å². The van der Waals surface area contributed by atoms with Gasteiger partial charge in [0.2, 0.25) is 11.6 Å². The average Bonchev–Trinajstić information content (AvgIpc) is 3.55. The Balaban J connectivity index is 1.37. The van der Waals surface area contributed by atoms with Crippen LogP contribution in [0.3, 0.4) is 0 Å². The number of hydrogen-bond acceptors (Lipinski definition) is 9. The highest BCUT2D eigenvalue weighted by Crippen LogP contribution is 2.24. The number of hydrogen-bond donors (Lipinski definition) is 2. The molecular weight excluding hydrogens is 540 g/mol. The van der Waals surface area contributed by atoms with E-state index in [1.165, 1.54) is 6.21 Å². The summed E-state index contributed by atoms with van der Waals surface area (Å²) in [4.78, 5) is 13.3. The minimum Gasteiger partial charge on any atom is -0.488 e. The number of nitrogen functional groups attached to an aromatic ring is 1. The maximum atomic E-state index is 13.3. The molecule has 0 atom stereocenters. The van der Waals surface area contributed by atoms with Crippen LogP contribution in [0.1, 0.15) is 21.6 Å². The van der Waals surface area contributed by atoms with E-state index in [4.69, 9.17) is 10.5 Å². The highest BCUT2D eigenvalue weighted by atomic mass is 79.9. The number of nitrogens with zero attached hydrogens (tertiary/aromatic N) is 6. The van der Waals surface area contributed by atoms with Crippen molar-refractivity contribution >= 4 is 33.9 Å². The molecule has 0 fully saturated rings. The van der Waals surface area contributed by atoms with Crippen molar-refractivity contribution in [2.45, 2.75) is 6.61 Å². The van der Waals surface area contributed by atoms with Gasteiger partial charge in [-0.2, -0.15) is 9.78 Å². The molecule has 0 radical (unpaired) electrons. The number of carbonyl (C=O) groups excluding carboxylic acids is 1. The fourth-order valence-electron chi connectivity index (χ4n) is 3.44. The summed E-state index contributed by atoms with van der Waals surface area (Å²) < 4.78 is 12.8. The van der Waals surface area contributed by atoms with E-state index in [0.717, 1.165) is 14.7 Å². The van der Waals surface area contributed by atoms with Crippen LogP contribution >= 0.6 is 15.9 Å². The third-order valence-electron chi connectivity index (χ3n) is 5.23. The van der Waals surface area contributed by atoms with Crippen molar-refractivity contribution in [2.24, 2.45) is 5.10 Å². The summed E-state index contributed by atoms with van der Waals surface area (Å²) >= 11 is 3.42. The summed E-state index contributed by atoms with van der Waals surface area (Å²) in [5.74, 6) is 0.0201. The number of benzene rings is 3. The summed E-state index contributed by atoms with van der Waals surface area (Å²) in [5.41, 5.74) is 11.1. The fourth-order valence-corrected chi connectivity index (χ4v) is 3.70. The minimum absolute atomic E-state index is 0.0375. The second kappa shape index (κ2) is 10.8. The quantitative estimate of drug-likeness (QED) is 0.214. The van der Waals surface area contributed by atoms with Crippen molar-refractivity contribution in [2.75, 3.05) is 5.73 Å². The molecule has 3 N–H and O–H groups in total. The normalized spacial score (nSPS) is 11.1. The van der Waals surface area contributed by atoms with Gasteiger partial charge in [-0.25, -0.2) is 10.1 Å². The van der Waals surface area contributed by atoms with Gasteiger partial charge in [0.25, 0.3) is 5.91 Å². The molecule has 5 rings (SSSR count). The molecule has 0 saturated carbocycles. The third kappa shape index (κ3) is 5.38. The van der Waals surface area contributed by atoms with Gasteiger partial charge in [0.05, 0.1) is 6.21 Å². The predicted octanol–water partition coefficient (Wildman–Crippen LogP) is 4.00. The number of nitrogens with one attached hydrogen (secondary N) is 1. The molecule has 0 aliphatic rings. The molecule has 0 aliphatic heterocycles. The van der Waals surface area contributed by atoms with Gasteiger partial charge in [0.1, 0.15) is 18.1 Å². The van der Waals surface area contributed by atoms with E-state index in [2.05, 4.69) is 51.7 Å². The molecule has 11 nitrogen and oxygen atoms in total. The maximum Gasteiger partial charge on any atom is 0.292 e. The Morgan fingerprint density at radius 2 is 1.81 bits per heavy atom. The molecule has 2 heterocycles. The van der Waals surface area contributed by atoms with Crippen molar-refractivity contribution in [1.29, 1.82) is 0 Å². The van der Waals surface area contributed by atoms with Crippen LogP contribution in [0.15, 0.2) is 93.1 Å². The van der Waals surface area contributed by atoms with Crippen molar-refractivity contribution in [1.82, 2.24) is 30.7 Å². The number of anilines is 1. The Hall–Kier alpha value is -4.84. The first-order valence-electron chi connectivity index (χ1n) is 11.0. The summed E-state index contributed by atoms with van der Waals surface area (Å²) in [7, 11) is 0. The zero-order valence-electron chi connectivity index (χ0n) is 19.2. The van der Waals surface area contributed by atoms with Gasteiger partial charge in [-0.15, -0.1) is 5.10 Å². The Bertz CT molecular complexity index is 1550. The number of aromatic nitrogens is 5. The van der Waals surface area contributed by atoms with E-state index in [0.29, 0.717) is 29.2 Å². The van der Waals surface area contributed by atoms with Crippen LogP contribution in [0.25, 0.3) is 17.1 Å². The molecule has 2 aromatic heterocycles. The molecule has 37 heavy (non-hydrogen) atoms. The summed E-state index contributed by atoms with van der Waals surface area (Å²) in [6, 6.07) is 24.3. The predicted molar refractivity (Wildman–Crippen MR) is 139 cm³/mol. The van der Waals surface area contributed by atoms with E-state index >= 15 is 0 Å². The Labute approximate surface area is 219 Å². The first-order valence-corrected chi connectivity index (χ1v) is 11.8. The number of nitrogens with two attached hydrogens (primary N) is 1. The highest BCUT2D eigenvalue weighted by Gasteiger charge is 2.25. The monoisotopic (exact) mass is 558 g/mol. The SMILES string of the molecule is Nc1nonc1-n1nnc(-c2ccccc2)c1C(=O)N/N=C/c1ccccc1OCc1ccc(Br)cc1. The van der Waals surface area contributed by atoms with E-state index in [9.17, 15) is 4.79 Å². The van der Waals surface area contributed by atoms with Gasteiger partial charge >= 0.3 is 0 Å². The largest absolute Gasteiger partial charge is 0.488 e. The van der Waals surface area contributed by atoms with Gasteiger partial charge in [0, 0.05) is 15.6 Å². The number of ether oxygens (including phenoxy) is 1. The number of rotatable bonds is 8. The highest BCUT2D eigenvalue weighted by molar-refractivity contribution is 9.10. The lowest BCUT2D eigenvalue weighted by Gasteiger charge is -2.09. The van der Waals surface area contributed by atoms with Gasteiger partial charge < -0.3 is 10.5 Å². The van der Waals surface area contributed by atoms with Gasteiger partial charge in [0.15, 0.2) is 5.69 Å². The molecule has 0 saturated heterocycles. The van der Waals surface area contributed by atoms with Crippen LogP contribution in [0.2, 0.25) is 0 Å². The zero-order chi connectivity index (χ0) is 25.6. The Morgan fingerprint density at radius 3 is 2.57 bits per heavy atom. The summed E-state index contributed by atoms with van der Waals surface area (Å²) in [6.45, 7) is 0.378. The third-order valence-corrected chi connectivity index (χ3v) is 5.75. The molecule has 0 aliphatic carbocycles. The standard InChI is InChI=1S/C25H19BrN8O3/c26-19-12-10-16(11-13-19)15-36-20-9-5-4-8-18(20)14-28-30-25(35)22-21(17-6-2-1-3-7-17)29-33-34(22)24-23(27)31-37-32-24/h1-14H,15H2,(H2,27,31)(H,30,35)/b28-14+. The van der Waals surface area contributed by atoms with Crippen LogP contribution < -0.4 is 15.9 Å². The number of amides is 1. The first-order chi connectivity index (χ1) is 18.1. The van der Waals surface area contributed by atoms with Crippen LogP contribution in [0.4, 0.5) is 5.82 Å². The fraction of sp³-hybridized carbons (Fsp3) is 0.0400. The topological polar surface area (TPSA) is 146 Å². The second-order valence-electron chi connectivity index (χ2n) is 7.69. The molecule has 3 aromatic carbocycles. The van der Waals surface area contributed by atoms with Crippen molar-refractivity contribution in [3.63, 3.8) is 0 Å².